The van der Waals surface area contributed by atoms with Crippen molar-refractivity contribution < 1.29 is 17.9 Å². The Kier molecular flexibility index (Phi) is 5.20. The van der Waals surface area contributed by atoms with Crippen molar-refractivity contribution >= 4 is 43.2 Å². The van der Waals surface area contributed by atoms with Crippen LogP contribution in [0, 0.1) is 0 Å². The van der Waals surface area contributed by atoms with Gasteiger partial charge in [0.25, 0.3) is 10.0 Å². The van der Waals surface area contributed by atoms with Gasteiger partial charge in [-0.05, 0) is 30.3 Å². The summed E-state index contributed by atoms with van der Waals surface area (Å²) in [5.41, 5.74) is 0.291. The number of benzene rings is 2. The van der Waals surface area contributed by atoms with Crippen molar-refractivity contribution in [1.82, 2.24) is 0 Å². The molecule has 0 aliphatic carbocycles. The molecule has 0 atom stereocenters. The molecule has 0 amide bonds. The molecule has 0 saturated heterocycles. The summed E-state index contributed by atoms with van der Waals surface area (Å²) in [4.78, 5) is 0.0455. The van der Waals surface area contributed by atoms with Crippen LogP contribution in [0.1, 0.15) is 0 Å². The highest BCUT2D eigenvalue weighted by atomic mass is 79.9. The lowest BCUT2D eigenvalue weighted by atomic mass is 10.3. The molecule has 2 aromatic carbocycles. The molecule has 2 rings (SSSR count). The molecule has 0 aliphatic rings. The molecule has 1 N–H and O–H groups in total. The average Bonchev–Trinajstić information content (AvgIpc) is 2.49. The number of hydrogen-bond donors (Lipinski definition) is 1. The van der Waals surface area contributed by atoms with Gasteiger partial charge in [0.2, 0.25) is 0 Å². The summed E-state index contributed by atoms with van der Waals surface area (Å²) < 4.78 is 38.3. The lowest BCUT2D eigenvalue weighted by Crippen LogP contribution is -2.13. The Balaban J connectivity index is 2.38. The number of rotatable bonds is 5. The maximum Gasteiger partial charge on any atom is 0.262 e. The number of nitrogens with one attached hydrogen (secondary N) is 1. The molecule has 118 valence electrons. The summed E-state index contributed by atoms with van der Waals surface area (Å²) in [6.07, 6.45) is 0. The first-order valence-electron chi connectivity index (χ1n) is 6.07. The van der Waals surface area contributed by atoms with Gasteiger partial charge >= 0.3 is 0 Å². The predicted molar refractivity (Wildman–Crippen MR) is 89.5 cm³/mol. The zero-order valence-corrected chi connectivity index (χ0v) is 14.9. The van der Waals surface area contributed by atoms with Crippen LogP contribution in [0.2, 0.25) is 5.02 Å². The van der Waals surface area contributed by atoms with E-state index in [0.717, 1.165) is 4.47 Å². The van der Waals surface area contributed by atoms with E-state index >= 15 is 0 Å². The number of sulfonamides is 1. The minimum atomic E-state index is -3.79. The summed E-state index contributed by atoms with van der Waals surface area (Å²) in [5, 5.41) is 0.290. The Morgan fingerprint density at radius 1 is 1.05 bits per heavy atom. The van der Waals surface area contributed by atoms with E-state index in [0.29, 0.717) is 22.2 Å². The van der Waals surface area contributed by atoms with Crippen LogP contribution in [0.4, 0.5) is 5.69 Å². The first-order chi connectivity index (χ1) is 10.4. The number of methoxy groups -OCH3 is 2. The van der Waals surface area contributed by atoms with Gasteiger partial charge in [-0.2, -0.15) is 0 Å². The second kappa shape index (κ2) is 6.76. The summed E-state index contributed by atoms with van der Waals surface area (Å²) in [5.74, 6) is 0.774. The monoisotopic (exact) mass is 405 g/mol. The maximum atomic E-state index is 12.4. The SMILES string of the molecule is COc1ccc(S(=O)(=O)Nc2ccc(Br)cc2Cl)cc1OC. The number of hydrogen-bond acceptors (Lipinski definition) is 4. The van der Waals surface area contributed by atoms with Crippen LogP contribution in [0.15, 0.2) is 45.8 Å². The third-order valence-electron chi connectivity index (χ3n) is 2.84. The van der Waals surface area contributed by atoms with Crippen molar-refractivity contribution in [3.8, 4) is 11.5 Å². The predicted octanol–water partition coefficient (Wildman–Crippen LogP) is 3.92. The smallest absolute Gasteiger partial charge is 0.262 e. The molecule has 0 fully saturated rings. The van der Waals surface area contributed by atoms with E-state index in [4.69, 9.17) is 21.1 Å². The second-order valence-corrected chi connectivity index (χ2v) is 7.25. The zero-order chi connectivity index (χ0) is 16.3. The Bertz CT molecular complexity index is 795. The van der Waals surface area contributed by atoms with Crippen LogP contribution < -0.4 is 14.2 Å². The molecule has 0 aromatic heterocycles. The molecular formula is C14H13BrClNO4S. The van der Waals surface area contributed by atoms with Crippen LogP contribution in [-0.4, -0.2) is 22.6 Å². The maximum absolute atomic E-state index is 12.4. The van der Waals surface area contributed by atoms with Gasteiger partial charge in [-0.15, -0.1) is 0 Å². The average molecular weight is 407 g/mol. The van der Waals surface area contributed by atoms with Gasteiger partial charge in [0.1, 0.15) is 0 Å². The molecule has 0 bridgehead atoms. The minimum Gasteiger partial charge on any atom is -0.493 e. The van der Waals surface area contributed by atoms with Gasteiger partial charge in [0.15, 0.2) is 11.5 Å². The lowest BCUT2D eigenvalue weighted by molar-refractivity contribution is 0.354. The highest BCUT2D eigenvalue weighted by Gasteiger charge is 2.18. The van der Waals surface area contributed by atoms with Crippen LogP contribution in [0.25, 0.3) is 0 Å². The fourth-order valence-corrected chi connectivity index (χ4v) is 3.63. The highest BCUT2D eigenvalue weighted by molar-refractivity contribution is 9.10. The molecule has 8 heteroatoms. The summed E-state index contributed by atoms with van der Waals surface area (Å²) in [7, 11) is -0.876. The third-order valence-corrected chi connectivity index (χ3v) is 5.01. The molecule has 0 heterocycles. The molecule has 0 aliphatic heterocycles. The quantitative estimate of drug-likeness (QED) is 0.817. The van der Waals surface area contributed by atoms with Crippen molar-refractivity contribution in [3.63, 3.8) is 0 Å². The van der Waals surface area contributed by atoms with E-state index in [1.807, 2.05) is 0 Å². The van der Waals surface area contributed by atoms with Crippen LogP contribution in [0.5, 0.6) is 11.5 Å². The van der Waals surface area contributed by atoms with E-state index in [1.54, 1.807) is 18.2 Å². The number of anilines is 1. The number of ether oxygens (including phenoxy) is 2. The fraction of sp³-hybridized carbons (Fsp3) is 0.143. The van der Waals surface area contributed by atoms with Crippen LogP contribution in [0.3, 0.4) is 0 Å². The molecule has 2 aromatic rings. The largest absolute Gasteiger partial charge is 0.493 e. The fourth-order valence-electron chi connectivity index (χ4n) is 1.76. The lowest BCUT2D eigenvalue weighted by Gasteiger charge is -2.12. The van der Waals surface area contributed by atoms with E-state index in [1.165, 1.54) is 32.4 Å². The van der Waals surface area contributed by atoms with E-state index in [-0.39, 0.29) is 4.90 Å². The Morgan fingerprint density at radius 3 is 2.32 bits per heavy atom. The second-order valence-electron chi connectivity index (χ2n) is 4.25. The summed E-state index contributed by atoms with van der Waals surface area (Å²) in [6, 6.07) is 9.21. The molecule has 5 nitrogen and oxygen atoms in total. The number of halogens is 2. The topological polar surface area (TPSA) is 64.6 Å². The van der Waals surface area contributed by atoms with Gasteiger partial charge in [0, 0.05) is 10.5 Å². The van der Waals surface area contributed by atoms with Gasteiger partial charge in [-0.1, -0.05) is 27.5 Å². The van der Waals surface area contributed by atoms with Gasteiger partial charge < -0.3 is 9.47 Å². The molecule has 0 unspecified atom stereocenters. The van der Waals surface area contributed by atoms with E-state index < -0.39 is 10.0 Å². The minimum absolute atomic E-state index is 0.0455. The molecular weight excluding hydrogens is 394 g/mol. The van der Waals surface area contributed by atoms with Crippen molar-refractivity contribution in [1.29, 1.82) is 0 Å². The zero-order valence-electron chi connectivity index (χ0n) is 11.8. The van der Waals surface area contributed by atoms with Gasteiger partial charge in [-0.25, -0.2) is 8.42 Å². The Labute approximate surface area is 142 Å². The van der Waals surface area contributed by atoms with E-state index in [9.17, 15) is 8.42 Å². The van der Waals surface area contributed by atoms with Gasteiger partial charge in [0.05, 0.1) is 29.8 Å². The van der Waals surface area contributed by atoms with Crippen LogP contribution >= 0.6 is 27.5 Å². The van der Waals surface area contributed by atoms with E-state index in [2.05, 4.69) is 20.7 Å². The third kappa shape index (κ3) is 3.66. The van der Waals surface area contributed by atoms with Crippen molar-refractivity contribution in [3.05, 3.63) is 45.9 Å². The normalized spacial score (nSPS) is 11.1. The van der Waals surface area contributed by atoms with Crippen molar-refractivity contribution in [2.45, 2.75) is 4.90 Å². The van der Waals surface area contributed by atoms with Crippen LogP contribution in [-0.2, 0) is 10.0 Å². The summed E-state index contributed by atoms with van der Waals surface area (Å²) in [6.45, 7) is 0. The first-order valence-corrected chi connectivity index (χ1v) is 8.72. The molecule has 0 saturated carbocycles. The molecule has 0 radical (unpaired) electrons. The molecule has 0 spiro atoms. The standard InChI is InChI=1S/C14H13BrClNO4S/c1-20-13-6-4-10(8-14(13)21-2)22(18,19)17-12-5-3-9(15)7-11(12)16/h3-8,17H,1-2H3. The molecule has 22 heavy (non-hydrogen) atoms. The first kappa shape index (κ1) is 16.9. The van der Waals surface area contributed by atoms with Gasteiger partial charge in [-0.3, -0.25) is 4.72 Å². The van der Waals surface area contributed by atoms with Crippen molar-refractivity contribution in [2.24, 2.45) is 0 Å². The Hall–Kier alpha value is -1.44. The summed E-state index contributed by atoms with van der Waals surface area (Å²) >= 11 is 9.29. The highest BCUT2D eigenvalue weighted by Crippen LogP contribution is 2.32. The Morgan fingerprint density at radius 2 is 1.73 bits per heavy atom. The van der Waals surface area contributed by atoms with Crippen molar-refractivity contribution in [2.75, 3.05) is 18.9 Å².